The van der Waals surface area contributed by atoms with Crippen LogP contribution < -0.4 is 0 Å². The summed E-state index contributed by atoms with van der Waals surface area (Å²) >= 11 is 9.13. The summed E-state index contributed by atoms with van der Waals surface area (Å²) < 4.78 is 2.56. The van der Waals surface area contributed by atoms with Gasteiger partial charge in [-0.25, -0.2) is 4.68 Å². The largest absolute Gasteiger partial charge is 0.392 e. The van der Waals surface area contributed by atoms with Gasteiger partial charge in [0.1, 0.15) is 0 Å². The van der Waals surface area contributed by atoms with Crippen LogP contribution in [0.5, 0.6) is 0 Å². The van der Waals surface area contributed by atoms with Crippen molar-refractivity contribution in [3.63, 3.8) is 0 Å². The molecule has 0 saturated carbocycles. The van der Waals surface area contributed by atoms with Crippen molar-refractivity contribution in [3.8, 4) is 5.69 Å². The zero-order valence-corrected chi connectivity index (χ0v) is 10.0. The molecule has 0 fully saturated rings. The van der Waals surface area contributed by atoms with Crippen LogP contribution in [-0.4, -0.2) is 14.9 Å². The molecule has 0 aliphatic carbocycles. The molecule has 0 radical (unpaired) electrons. The molecule has 1 aromatic heterocycles. The first-order valence-electron chi connectivity index (χ1n) is 4.30. The Kier molecular flexibility index (Phi) is 3.09. The Morgan fingerprint density at radius 3 is 2.87 bits per heavy atom. The van der Waals surface area contributed by atoms with Gasteiger partial charge in [0.25, 0.3) is 0 Å². The summed E-state index contributed by atoms with van der Waals surface area (Å²) in [6, 6.07) is 5.62. The number of hydrogen-bond donors (Lipinski definition) is 1. The third-order valence-electron chi connectivity index (χ3n) is 2.01. The third kappa shape index (κ3) is 2.22. The lowest BCUT2D eigenvalue weighted by Crippen LogP contribution is -1.99. The molecule has 1 aromatic carbocycles. The molecule has 2 aromatic rings. The standard InChI is InChI=1S/C10H8BrClN2O/c11-8-1-2-10(7(3-8)6-15)14-5-9(12)4-13-14/h1-5,15H,6H2. The highest BCUT2D eigenvalue weighted by Crippen LogP contribution is 2.20. The van der Waals surface area contributed by atoms with E-state index in [1.165, 1.54) is 0 Å². The van der Waals surface area contributed by atoms with Crippen molar-refractivity contribution < 1.29 is 5.11 Å². The van der Waals surface area contributed by atoms with Crippen LogP contribution >= 0.6 is 27.5 Å². The van der Waals surface area contributed by atoms with E-state index in [1.807, 2.05) is 18.2 Å². The maximum absolute atomic E-state index is 9.22. The SMILES string of the molecule is OCc1cc(Br)ccc1-n1cc(Cl)cn1. The minimum absolute atomic E-state index is 0.0355. The number of hydrogen-bond acceptors (Lipinski definition) is 2. The number of halogens is 2. The smallest absolute Gasteiger partial charge is 0.0790 e. The fraction of sp³-hybridized carbons (Fsp3) is 0.100. The van der Waals surface area contributed by atoms with Gasteiger partial charge in [-0.2, -0.15) is 5.10 Å². The van der Waals surface area contributed by atoms with Crippen molar-refractivity contribution in [2.24, 2.45) is 0 Å². The van der Waals surface area contributed by atoms with E-state index >= 15 is 0 Å². The van der Waals surface area contributed by atoms with E-state index in [0.717, 1.165) is 15.7 Å². The summed E-state index contributed by atoms with van der Waals surface area (Å²) in [6.07, 6.45) is 3.26. The molecule has 1 N–H and O–H groups in total. The molecular weight excluding hydrogens is 279 g/mol. The number of benzene rings is 1. The lowest BCUT2D eigenvalue weighted by Gasteiger charge is -2.07. The van der Waals surface area contributed by atoms with Crippen molar-refractivity contribution in [2.75, 3.05) is 0 Å². The van der Waals surface area contributed by atoms with Gasteiger partial charge in [0.05, 0.1) is 23.5 Å². The van der Waals surface area contributed by atoms with Crippen LogP contribution in [0.25, 0.3) is 5.69 Å². The molecule has 0 spiro atoms. The van der Waals surface area contributed by atoms with Crippen molar-refractivity contribution in [1.29, 1.82) is 0 Å². The summed E-state index contributed by atoms with van der Waals surface area (Å²) in [7, 11) is 0. The van der Waals surface area contributed by atoms with Gasteiger partial charge in [-0.05, 0) is 18.2 Å². The monoisotopic (exact) mass is 286 g/mol. The Morgan fingerprint density at radius 2 is 2.27 bits per heavy atom. The summed E-state index contributed by atoms with van der Waals surface area (Å²) in [4.78, 5) is 0. The average Bonchev–Trinajstić information content (AvgIpc) is 2.64. The number of aliphatic hydroxyl groups is 1. The van der Waals surface area contributed by atoms with E-state index < -0.39 is 0 Å². The molecule has 1 heterocycles. The molecule has 2 rings (SSSR count). The van der Waals surface area contributed by atoms with E-state index in [9.17, 15) is 5.11 Å². The van der Waals surface area contributed by atoms with Crippen molar-refractivity contribution in [2.45, 2.75) is 6.61 Å². The van der Waals surface area contributed by atoms with Gasteiger partial charge >= 0.3 is 0 Å². The second kappa shape index (κ2) is 4.35. The summed E-state index contributed by atoms with van der Waals surface area (Å²) in [5.74, 6) is 0. The molecule has 3 nitrogen and oxygen atoms in total. The van der Waals surface area contributed by atoms with E-state index in [2.05, 4.69) is 21.0 Å². The van der Waals surface area contributed by atoms with E-state index in [1.54, 1.807) is 17.1 Å². The molecule has 78 valence electrons. The quantitative estimate of drug-likeness (QED) is 0.922. The van der Waals surface area contributed by atoms with Gasteiger partial charge < -0.3 is 5.11 Å². The molecule has 0 bridgehead atoms. The Hall–Kier alpha value is -0.840. The Labute approximate surface area is 100 Å². The van der Waals surface area contributed by atoms with Crippen LogP contribution in [0.2, 0.25) is 5.02 Å². The Bertz CT molecular complexity index is 484. The average molecular weight is 288 g/mol. The van der Waals surface area contributed by atoms with E-state index in [0.29, 0.717) is 5.02 Å². The van der Waals surface area contributed by atoms with Crippen LogP contribution in [0.3, 0.4) is 0 Å². The normalized spacial score (nSPS) is 10.6. The van der Waals surface area contributed by atoms with Gasteiger partial charge in [0.2, 0.25) is 0 Å². The predicted molar refractivity (Wildman–Crippen MR) is 62.2 cm³/mol. The van der Waals surface area contributed by atoms with Crippen LogP contribution in [0.1, 0.15) is 5.56 Å². The molecule has 5 heteroatoms. The van der Waals surface area contributed by atoms with Gasteiger partial charge in [-0.3, -0.25) is 0 Å². The van der Waals surface area contributed by atoms with Crippen molar-refractivity contribution in [3.05, 3.63) is 45.7 Å². The molecule has 0 aliphatic rings. The lowest BCUT2D eigenvalue weighted by molar-refractivity contribution is 0.281. The number of rotatable bonds is 2. The van der Waals surface area contributed by atoms with Gasteiger partial charge in [-0.1, -0.05) is 27.5 Å². The zero-order chi connectivity index (χ0) is 10.8. The van der Waals surface area contributed by atoms with Gasteiger partial charge in [0, 0.05) is 16.2 Å². The fourth-order valence-corrected chi connectivity index (χ4v) is 1.88. The maximum atomic E-state index is 9.22. The molecule has 0 atom stereocenters. The molecule has 0 unspecified atom stereocenters. The van der Waals surface area contributed by atoms with Crippen LogP contribution in [0, 0.1) is 0 Å². The number of nitrogens with zero attached hydrogens (tertiary/aromatic N) is 2. The Morgan fingerprint density at radius 1 is 1.47 bits per heavy atom. The fourth-order valence-electron chi connectivity index (χ4n) is 1.34. The summed E-state index contributed by atoms with van der Waals surface area (Å²) in [5.41, 5.74) is 1.62. The molecule has 0 saturated heterocycles. The van der Waals surface area contributed by atoms with Crippen LogP contribution in [0.4, 0.5) is 0 Å². The lowest BCUT2D eigenvalue weighted by atomic mass is 10.2. The van der Waals surface area contributed by atoms with Crippen molar-refractivity contribution in [1.82, 2.24) is 9.78 Å². The first kappa shape index (κ1) is 10.7. The molecule has 0 amide bonds. The minimum Gasteiger partial charge on any atom is -0.392 e. The second-order valence-electron chi connectivity index (χ2n) is 3.03. The van der Waals surface area contributed by atoms with Crippen molar-refractivity contribution >= 4 is 27.5 Å². The highest BCUT2D eigenvalue weighted by atomic mass is 79.9. The number of aliphatic hydroxyl groups excluding tert-OH is 1. The highest BCUT2D eigenvalue weighted by Gasteiger charge is 2.05. The maximum Gasteiger partial charge on any atom is 0.0790 e. The predicted octanol–water partition coefficient (Wildman–Crippen LogP) is 2.78. The van der Waals surface area contributed by atoms with Crippen LogP contribution in [-0.2, 0) is 6.61 Å². The molecule has 0 aliphatic heterocycles. The highest BCUT2D eigenvalue weighted by molar-refractivity contribution is 9.10. The van der Waals surface area contributed by atoms with Gasteiger partial charge in [0.15, 0.2) is 0 Å². The third-order valence-corrected chi connectivity index (χ3v) is 2.70. The van der Waals surface area contributed by atoms with Gasteiger partial charge in [-0.15, -0.1) is 0 Å². The molecule has 15 heavy (non-hydrogen) atoms. The minimum atomic E-state index is -0.0355. The van der Waals surface area contributed by atoms with Crippen LogP contribution in [0.15, 0.2) is 35.1 Å². The zero-order valence-electron chi connectivity index (χ0n) is 7.69. The summed E-state index contributed by atoms with van der Waals surface area (Å²) in [5, 5.41) is 13.9. The summed E-state index contributed by atoms with van der Waals surface area (Å²) in [6.45, 7) is -0.0355. The van der Waals surface area contributed by atoms with E-state index in [4.69, 9.17) is 11.6 Å². The van der Waals surface area contributed by atoms with E-state index in [-0.39, 0.29) is 6.61 Å². The number of aromatic nitrogens is 2. The molecular formula is C10H8BrClN2O. The first-order valence-corrected chi connectivity index (χ1v) is 5.47. The Balaban J connectivity index is 2.52. The topological polar surface area (TPSA) is 38.0 Å². The first-order chi connectivity index (χ1) is 7.20. The second-order valence-corrected chi connectivity index (χ2v) is 4.39.